The summed E-state index contributed by atoms with van der Waals surface area (Å²) < 4.78 is 18.7. The molecule has 0 saturated carbocycles. The van der Waals surface area contributed by atoms with E-state index < -0.39 is 0 Å². The number of rotatable bonds is 12. The molecule has 22 aromatic carbocycles. The molecule has 28 aromatic rings. The van der Waals surface area contributed by atoms with Crippen LogP contribution in [0.1, 0.15) is 0 Å². The highest BCUT2D eigenvalue weighted by Gasteiger charge is 2.24. The second-order valence-corrected chi connectivity index (χ2v) is 35.0. The van der Waals surface area contributed by atoms with Crippen molar-refractivity contribution in [2.24, 2.45) is 0 Å². The maximum atomic E-state index is 6.26. The molecule has 139 heavy (non-hydrogen) atoms. The molecule has 0 amide bonds. The zero-order valence-corrected chi connectivity index (χ0v) is 74.7. The monoisotopic (exact) mass is 1780 g/mol. The van der Waals surface area contributed by atoms with E-state index in [1.54, 1.807) is 0 Å². The Kier molecular flexibility index (Phi) is 20.0. The van der Waals surface area contributed by atoms with Gasteiger partial charge < -0.3 is 13.3 Å². The van der Waals surface area contributed by atoms with Gasteiger partial charge in [0.2, 0.25) is 0 Å². The molecule has 0 aliphatic heterocycles. The van der Waals surface area contributed by atoms with Gasteiger partial charge in [-0.25, -0.2) is 44.9 Å². The van der Waals surface area contributed by atoms with E-state index in [0.717, 1.165) is 203 Å². The summed E-state index contributed by atoms with van der Waals surface area (Å²) in [7, 11) is 0. The molecular formula is C127H77N9O3. The Balaban J connectivity index is 0.000000108. The van der Waals surface area contributed by atoms with Crippen LogP contribution in [0.5, 0.6) is 0 Å². The van der Waals surface area contributed by atoms with Crippen LogP contribution in [0.4, 0.5) is 0 Å². The third kappa shape index (κ3) is 15.1. The number of nitrogens with zero attached hydrogens (tertiary/aromatic N) is 9. The summed E-state index contributed by atoms with van der Waals surface area (Å²) in [6.45, 7) is 0. The molecule has 28 rings (SSSR count). The predicted molar refractivity (Wildman–Crippen MR) is 569 cm³/mol. The van der Waals surface area contributed by atoms with Gasteiger partial charge in [-0.2, -0.15) is 0 Å². The van der Waals surface area contributed by atoms with Crippen molar-refractivity contribution in [3.8, 4) is 136 Å². The molecule has 0 N–H and O–H groups in total. The van der Waals surface area contributed by atoms with Gasteiger partial charge in [0.1, 0.15) is 33.5 Å². The first-order valence-electron chi connectivity index (χ1n) is 46.5. The van der Waals surface area contributed by atoms with Gasteiger partial charge in [-0.3, -0.25) is 0 Å². The van der Waals surface area contributed by atoms with Crippen molar-refractivity contribution >= 4 is 141 Å². The maximum absolute atomic E-state index is 6.26. The molecule has 0 aliphatic rings. The van der Waals surface area contributed by atoms with Gasteiger partial charge in [0.25, 0.3) is 0 Å². The predicted octanol–water partition coefficient (Wildman–Crippen LogP) is 33.4. The lowest BCUT2D eigenvalue weighted by Gasteiger charge is -2.12. The van der Waals surface area contributed by atoms with Crippen LogP contribution in [-0.4, -0.2) is 44.9 Å². The molecule has 0 fully saturated rings. The van der Waals surface area contributed by atoms with Gasteiger partial charge in [-0.15, -0.1) is 0 Å². The minimum atomic E-state index is 0.630. The van der Waals surface area contributed by atoms with Gasteiger partial charge in [-0.1, -0.05) is 388 Å². The van der Waals surface area contributed by atoms with E-state index in [1.807, 2.05) is 115 Å². The summed E-state index contributed by atoms with van der Waals surface area (Å²) in [4.78, 5) is 45.3. The summed E-state index contributed by atoms with van der Waals surface area (Å²) >= 11 is 0. The third-order valence-corrected chi connectivity index (χ3v) is 26.5. The Morgan fingerprint density at radius 1 is 0.115 bits per heavy atom. The number of aromatic nitrogens is 9. The van der Waals surface area contributed by atoms with Gasteiger partial charge in [0.05, 0.1) is 0 Å². The molecule has 0 atom stereocenters. The van der Waals surface area contributed by atoms with Gasteiger partial charge in [0.15, 0.2) is 52.4 Å². The van der Waals surface area contributed by atoms with E-state index in [9.17, 15) is 0 Å². The minimum absolute atomic E-state index is 0.630. The topological polar surface area (TPSA) is 155 Å². The SMILES string of the molecule is c1ccc(-c2nc(-c3ccc4ccccc4c3)nc(-c3ccc4c(-c5cccc6oc7ccccc7c56)cccc4c3)n2)cc1.c1ccc(-c2nc(-c3ccc4ccccc4c3)nc(-c3ccc4cccc(-c5cccc6oc7ccccc7c56)c4c3)n2)cc1.c1ccc2cc(-c3nc(-c4ccc5ccccc5c4)nc(-c4ccc5cccc(-c6cccc7oc8ccccc8c67)c5c4)n3)ccc2c1. The summed E-state index contributed by atoms with van der Waals surface area (Å²) in [5, 5.41) is 22.8. The normalized spacial score (nSPS) is 11.6. The smallest absolute Gasteiger partial charge is 0.164 e. The fourth-order valence-electron chi connectivity index (χ4n) is 19.7. The fraction of sp³-hybridized carbons (Fsp3) is 0. The highest BCUT2D eigenvalue weighted by atomic mass is 16.3. The fourth-order valence-corrected chi connectivity index (χ4v) is 19.7. The molecule has 6 heterocycles. The van der Waals surface area contributed by atoms with Crippen LogP contribution < -0.4 is 0 Å². The second kappa shape index (κ2) is 34.3. The number of hydrogen-bond donors (Lipinski definition) is 0. The van der Waals surface area contributed by atoms with Crippen molar-refractivity contribution in [2.75, 3.05) is 0 Å². The summed E-state index contributed by atoms with van der Waals surface area (Å²) in [5.41, 5.74) is 20.7. The van der Waals surface area contributed by atoms with Crippen LogP contribution >= 0.6 is 0 Å². The van der Waals surface area contributed by atoms with Crippen molar-refractivity contribution in [3.05, 3.63) is 467 Å². The quantitative estimate of drug-likeness (QED) is 0.114. The molecule has 0 radical (unpaired) electrons. The van der Waals surface area contributed by atoms with Crippen molar-refractivity contribution in [2.45, 2.75) is 0 Å². The Labute approximate surface area is 796 Å². The number of furan rings is 3. The van der Waals surface area contributed by atoms with Crippen LogP contribution in [0.2, 0.25) is 0 Å². The summed E-state index contributed by atoms with van der Waals surface area (Å²) in [6.07, 6.45) is 0. The zero-order chi connectivity index (χ0) is 91.8. The van der Waals surface area contributed by atoms with Gasteiger partial charge >= 0.3 is 0 Å². The molecule has 12 heteroatoms. The highest BCUT2D eigenvalue weighted by molar-refractivity contribution is 6.19. The molecular weight excluding hydrogens is 1700 g/mol. The molecule has 0 saturated heterocycles. The van der Waals surface area contributed by atoms with E-state index in [2.05, 4.69) is 352 Å². The molecule has 648 valence electrons. The average molecular weight is 1780 g/mol. The first-order valence-corrected chi connectivity index (χ1v) is 46.5. The summed E-state index contributed by atoms with van der Waals surface area (Å²) in [6, 6.07) is 162. The maximum Gasteiger partial charge on any atom is 0.164 e. The lowest BCUT2D eigenvalue weighted by molar-refractivity contribution is 0.668. The Hall–Kier alpha value is -18.9. The molecule has 0 bridgehead atoms. The standard InChI is InChI=1S/C45H27N3O.2C41H25N3O/c1-3-11-31-25-33(22-19-28(31)9-1)43-46-44(34-23-20-29-10-2-4-12-32(29)26-34)48-45(47-43)35-24-21-30-13-7-15-36(39(30)27-35)37-16-8-18-41-42(37)38-14-5-6-17-40(38)49-41;1-2-11-28(12-3-1)39-42-40(30-22-20-26-10-4-5-13-29(26)24-30)44-41(43-39)31-23-21-27-14-8-16-32(35(27)25-31)33-17-9-19-37-38(33)34-15-6-7-18-36(34)45-37;1-2-11-27(12-3-1)39-42-40(30-21-20-26-10-4-5-13-28(26)24-30)44-41(43-39)31-22-23-32-29(25-31)14-8-16-33(32)34-17-9-19-37-38(34)35-15-6-7-18-36(35)45-37/h1-27H;2*1-25H. The number of para-hydroxylation sites is 3. The second-order valence-electron chi connectivity index (χ2n) is 35.0. The molecule has 0 spiro atoms. The Morgan fingerprint density at radius 3 is 0.655 bits per heavy atom. The first-order chi connectivity index (χ1) is 68.8. The van der Waals surface area contributed by atoms with Crippen LogP contribution in [0.15, 0.2) is 480 Å². The summed E-state index contributed by atoms with van der Waals surface area (Å²) in [5.74, 6) is 5.78. The van der Waals surface area contributed by atoms with Crippen molar-refractivity contribution in [1.29, 1.82) is 0 Å². The van der Waals surface area contributed by atoms with Crippen LogP contribution in [0.3, 0.4) is 0 Å². The van der Waals surface area contributed by atoms with Gasteiger partial charge in [-0.05, 0) is 188 Å². The van der Waals surface area contributed by atoms with Crippen molar-refractivity contribution in [3.63, 3.8) is 0 Å². The van der Waals surface area contributed by atoms with E-state index >= 15 is 0 Å². The molecule has 0 unspecified atom stereocenters. The number of fused-ring (bicyclic) bond motifs is 16. The Morgan fingerprint density at radius 2 is 0.331 bits per heavy atom. The molecule has 6 aromatic heterocycles. The zero-order valence-electron chi connectivity index (χ0n) is 74.7. The first kappa shape index (κ1) is 80.9. The third-order valence-electron chi connectivity index (χ3n) is 26.5. The van der Waals surface area contributed by atoms with Crippen LogP contribution in [-0.2, 0) is 0 Å². The minimum Gasteiger partial charge on any atom is -0.456 e. The van der Waals surface area contributed by atoms with E-state index in [-0.39, 0.29) is 0 Å². The number of hydrogen-bond acceptors (Lipinski definition) is 12. The number of benzene rings is 22. The molecule has 12 nitrogen and oxygen atoms in total. The average Bonchev–Trinajstić information content (AvgIpc) is 1.66. The van der Waals surface area contributed by atoms with Crippen molar-refractivity contribution in [1.82, 2.24) is 44.9 Å². The largest absolute Gasteiger partial charge is 0.456 e. The molecule has 0 aliphatic carbocycles. The van der Waals surface area contributed by atoms with Crippen LogP contribution in [0, 0.1) is 0 Å². The lowest BCUT2D eigenvalue weighted by atomic mass is 9.93. The van der Waals surface area contributed by atoms with Gasteiger partial charge in [0, 0.05) is 82.4 Å². The Bertz CT molecular complexity index is 9680. The van der Waals surface area contributed by atoms with Crippen LogP contribution in [0.25, 0.3) is 277 Å². The highest BCUT2D eigenvalue weighted by Crippen LogP contribution is 2.46. The van der Waals surface area contributed by atoms with E-state index in [4.69, 9.17) is 58.1 Å². The van der Waals surface area contributed by atoms with E-state index in [1.165, 1.54) is 21.5 Å². The van der Waals surface area contributed by atoms with E-state index in [0.29, 0.717) is 52.4 Å². The van der Waals surface area contributed by atoms with Crippen molar-refractivity contribution < 1.29 is 13.3 Å². The lowest BCUT2D eigenvalue weighted by Crippen LogP contribution is -2.00.